The molecule has 1 N–H and O–H groups in total. The highest BCUT2D eigenvalue weighted by molar-refractivity contribution is 9.10. The summed E-state index contributed by atoms with van der Waals surface area (Å²) in [7, 11) is 0. The molecule has 1 aromatic carbocycles. The monoisotopic (exact) mass is 348 g/mol. The summed E-state index contributed by atoms with van der Waals surface area (Å²) in [4.78, 5) is 11.6. The normalized spacial score (nSPS) is 15.4. The third-order valence-corrected chi connectivity index (χ3v) is 3.33. The molecule has 0 radical (unpaired) electrons. The van der Waals surface area contributed by atoms with Gasteiger partial charge in [-0.1, -0.05) is 0 Å². The summed E-state index contributed by atoms with van der Waals surface area (Å²) in [6.07, 6.45) is -1.13. The lowest BCUT2D eigenvalue weighted by Gasteiger charge is -2.17. The second-order valence-electron chi connectivity index (χ2n) is 4.12. The topological polar surface area (TPSA) is 65.0 Å². The van der Waals surface area contributed by atoms with Gasteiger partial charge in [-0.3, -0.25) is 0 Å². The van der Waals surface area contributed by atoms with E-state index in [-0.39, 0.29) is 28.1 Å². The minimum Gasteiger partial charge on any atom is -0.490 e. The average Bonchev–Trinajstić information content (AvgIpc) is 2.65. The highest BCUT2D eigenvalue weighted by Gasteiger charge is 2.31. The van der Waals surface area contributed by atoms with Crippen LogP contribution in [-0.4, -0.2) is 30.9 Å². The van der Waals surface area contributed by atoms with E-state index in [1.54, 1.807) is 6.92 Å². The van der Waals surface area contributed by atoms with E-state index in [4.69, 9.17) is 14.2 Å². The molecule has 7 heteroatoms. The van der Waals surface area contributed by atoms with Gasteiger partial charge in [0, 0.05) is 12.5 Å². The number of fused-ring (bicyclic) bond motifs is 1. The Morgan fingerprint density at radius 1 is 1.55 bits per heavy atom. The van der Waals surface area contributed by atoms with Gasteiger partial charge in [-0.05, 0) is 22.9 Å². The van der Waals surface area contributed by atoms with Crippen molar-refractivity contribution in [2.75, 3.05) is 19.8 Å². The van der Waals surface area contributed by atoms with Crippen molar-refractivity contribution >= 4 is 21.9 Å². The first-order valence-corrected chi connectivity index (χ1v) is 6.97. The van der Waals surface area contributed by atoms with Crippen molar-refractivity contribution in [1.29, 1.82) is 0 Å². The Morgan fingerprint density at radius 3 is 2.95 bits per heavy atom. The Bertz CT molecular complexity index is 520. The van der Waals surface area contributed by atoms with Gasteiger partial charge in [0.05, 0.1) is 29.9 Å². The lowest BCUT2D eigenvalue weighted by atomic mass is 10.1. The standard InChI is InChI=1S/C13H14BrFO5/c1-2-18-13(17)11(16)9-10(15)7(14)6-8-12(9)20-5-3-4-19-8/h6,11,16H,2-5H2,1H3. The van der Waals surface area contributed by atoms with Gasteiger partial charge >= 0.3 is 5.97 Å². The molecule has 1 atom stereocenters. The molecule has 20 heavy (non-hydrogen) atoms. The highest BCUT2D eigenvalue weighted by atomic mass is 79.9. The van der Waals surface area contributed by atoms with Crippen LogP contribution < -0.4 is 9.47 Å². The number of hydrogen-bond donors (Lipinski definition) is 1. The van der Waals surface area contributed by atoms with Crippen LogP contribution in [0.15, 0.2) is 10.5 Å². The molecule has 0 saturated carbocycles. The first-order chi connectivity index (χ1) is 9.56. The third kappa shape index (κ3) is 2.88. The van der Waals surface area contributed by atoms with Crippen molar-refractivity contribution in [3.63, 3.8) is 0 Å². The molecule has 0 fully saturated rings. The van der Waals surface area contributed by atoms with Crippen LogP contribution in [0.2, 0.25) is 0 Å². The van der Waals surface area contributed by atoms with Crippen molar-refractivity contribution in [3.8, 4) is 11.5 Å². The fourth-order valence-electron chi connectivity index (χ4n) is 1.86. The van der Waals surface area contributed by atoms with Crippen molar-refractivity contribution in [3.05, 3.63) is 21.9 Å². The quantitative estimate of drug-likeness (QED) is 0.849. The molecule has 2 rings (SSSR count). The first kappa shape index (κ1) is 15.1. The van der Waals surface area contributed by atoms with Crippen LogP contribution in [0.4, 0.5) is 4.39 Å². The minimum absolute atomic E-state index is 0.0451. The zero-order chi connectivity index (χ0) is 14.7. The van der Waals surface area contributed by atoms with E-state index in [1.165, 1.54) is 6.07 Å². The average molecular weight is 349 g/mol. The predicted molar refractivity (Wildman–Crippen MR) is 71.3 cm³/mol. The molecule has 1 heterocycles. The van der Waals surface area contributed by atoms with E-state index in [1.807, 2.05) is 0 Å². The summed E-state index contributed by atoms with van der Waals surface area (Å²) < 4.78 is 29.9. The zero-order valence-electron chi connectivity index (χ0n) is 10.8. The molecule has 0 aliphatic carbocycles. The van der Waals surface area contributed by atoms with E-state index in [0.29, 0.717) is 19.6 Å². The van der Waals surface area contributed by atoms with Gasteiger partial charge in [0.1, 0.15) is 5.82 Å². The van der Waals surface area contributed by atoms with Gasteiger partial charge in [0.25, 0.3) is 0 Å². The number of aliphatic hydroxyl groups excluding tert-OH is 1. The molecule has 0 aromatic heterocycles. The van der Waals surface area contributed by atoms with E-state index in [0.717, 1.165) is 0 Å². The van der Waals surface area contributed by atoms with Crippen LogP contribution in [0.25, 0.3) is 0 Å². The van der Waals surface area contributed by atoms with Crippen molar-refractivity contribution in [2.24, 2.45) is 0 Å². The molecule has 0 spiro atoms. The smallest absolute Gasteiger partial charge is 0.339 e. The summed E-state index contributed by atoms with van der Waals surface area (Å²) >= 11 is 3.03. The van der Waals surface area contributed by atoms with E-state index < -0.39 is 17.9 Å². The van der Waals surface area contributed by atoms with Crippen molar-refractivity contribution in [1.82, 2.24) is 0 Å². The van der Waals surface area contributed by atoms with Crippen LogP contribution in [0, 0.1) is 5.82 Å². The second-order valence-corrected chi connectivity index (χ2v) is 4.97. The Kier molecular flexibility index (Phi) is 4.82. The number of rotatable bonds is 3. The largest absolute Gasteiger partial charge is 0.490 e. The number of benzene rings is 1. The maximum Gasteiger partial charge on any atom is 0.339 e. The van der Waals surface area contributed by atoms with Gasteiger partial charge in [-0.25, -0.2) is 9.18 Å². The molecule has 110 valence electrons. The van der Waals surface area contributed by atoms with Crippen LogP contribution in [-0.2, 0) is 9.53 Å². The van der Waals surface area contributed by atoms with Crippen LogP contribution in [0.1, 0.15) is 25.0 Å². The van der Waals surface area contributed by atoms with Gasteiger partial charge in [-0.15, -0.1) is 0 Å². The maximum absolute atomic E-state index is 14.2. The van der Waals surface area contributed by atoms with Crippen molar-refractivity contribution in [2.45, 2.75) is 19.4 Å². The maximum atomic E-state index is 14.2. The molecule has 1 aliphatic rings. The Morgan fingerprint density at radius 2 is 2.25 bits per heavy atom. The number of esters is 1. The molecule has 0 amide bonds. The Labute approximate surface area is 123 Å². The molecule has 5 nitrogen and oxygen atoms in total. The lowest BCUT2D eigenvalue weighted by Crippen LogP contribution is -2.18. The summed E-state index contributed by atoms with van der Waals surface area (Å²) in [6.45, 7) is 2.42. The minimum atomic E-state index is -1.76. The Hall–Kier alpha value is -1.34. The fraction of sp³-hybridized carbons (Fsp3) is 0.462. The van der Waals surface area contributed by atoms with Gasteiger partial charge in [0.2, 0.25) is 0 Å². The van der Waals surface area contributed by atoms with Gasteiger partial charge < -0.3 is 19.3 Å². The lowest BCUT2D eigenvalue weighted by molar-refractivity contribution is -0.153. The molecular formula is C13H14BrFO5. The van der Waals surface area contributed by atoms with Gasteiger partial charge in [-0.2, -0.15) is 0 Å². The number of carbonyl (C=O) groups excluding carboxylic acids is 1. The van der Waals surface area contributed by atoms with E-state index in [9.17, 15) is 14.3 Å². The highest BCUT2D eigenvalue weighted by Crippen LogP contribution is 2.42. The number of halogens is 2. The summed E-state index contributed by atoms with van der Waals surface area (Å²) in [5.74, 6) is -1.37. The molecule has 1 aromatic rings. The molecular weight excluding hydrogens is 335 g/mol. The van der Waals surface area contributed by atoms with Crippen LogP contribution in [0.5, 0.6) is 11.5 Å². The molecule has 0 saturated heterocycles. The summed E-state index contributed by atoms with van der Waals surface area (Å²) in [6, 6.07) is 1.41. The number of ether oxygens (including phenoxy) is 3. The predicted octanol–water partition coefficient (Wildman–Crippen LogP) is 2.35. The molecule has 1 unspecified atom stereocenters. The summed E-state index contributed by atoms with van der Waals surface area (Å²) in [5.41, 5.74) is -0.269. The van der Waals surface area contributed by atoms with Crippen LogP contribution >= 0.6 is 15.9 Å². The zero-order valence-corrected chi connectivity index (χ0v) is 12.4. The second kappa shape index (κ2) is 6.41. The third-order valence-electron chi connectivity index (χ3n) is 2.75. The SMILES string of the molecule is CCOC(=O)C(O)c1c(F)c(Br)cc2c1OCCCO2. The Balaban J connectivity index is 2.50. The number of hydrogen-bond acceptors (Lipinski definition) is 5. The number of carbonyl (C=O) groups is 1. The van der Waals surface area contributed by atoms with E-state index in [2.05, 4.69) is 15.9 Å². The van der Waals surface area contributed by atoms with Gasteiger partial charge in [0.15, 0.2) is 17.6 Å². The fourth-order valence-corrected chi connectivity index (χ4v) is 2.28. The molecule has 1 aliphatic heterocycles. The first-order valence-electron chi connectivity index (χ1n) is 6.18. The van der Waals surface area contributed by atoms with Crippen LogP contribution in [0.3, 0.4) is 0 Å². The summed E-state index contributed by atoms with van der Waals surface area (Å²) in [5, 5.41) is 10.0. The number of aliphatic hydroxyl groups is 1. The van der Waals surface area contributed by atoms with Crippen molar-refractivity contribution < 1.29 is 28.5 Å². The molecule has 0 bridgehead atoms. The van der Waals surface area contributed by atoms with E-state index >= 15 is 0 Å².